The number of anilines is 1. The van der Waals surface area contributed by atoms with Crippen molar-refractivity contribution >= 4 is 11.6 Å². The summed E-state index contributed by atoms with van der Waals surface area (Å²) in [6, 6.07) is 13.3. The lowest BCUT2D eigenvalue weighted by atomic mass is 9.92. The van der Waals surface area contributed by atoms with Crippen LogP contribution >= 0.6 is 0 Å². The van der Waals surface area contributed by atoms with E-state index in [0.717, 1.165) is 36.3 Å². The predicted molar refractivity (Wildman–Crippen MR) is 99.3 cm³/mol. The molecule has 1 aliphatic heterocycles. The van der Waals surface area contributed by atoms with Crippen LogP contribution in [0, 0.1) is 5.92 Å². The molecule has 0 radical (unpaired) electrons. The van der Waals surface area contributed by atoms with Gasteiger partial charge >= 0.3 is 6.18 Å². The summed E-state index contributed by atoms with van der Waals surface area (Å²) in [5.74, 6) is 0.0152. The maximum atomic E-state index is 12.8. The molecule has 1 atom stereocenters. The van der Waals surface area contributed by atoms with Gasteiger partial charge < -0.3 is 10.2 Å². The average Bonchev–Trinajstić information content (AvgIpc) is 2.66. The first-order valence-corrected chi connectivity index (χ1v) is 8.76. The van der Waals surface area contributed by atoms with E-state index in [-0.39, 0.29) is 11.8 Å². The molecular formula is C21H21F3N2O. The van der Waals surface area contributed by atoms with Crippen molar-refractivity contribution in [2.24, 2.45) is 5.92 Å². The minimum atomic E-state index is -4.33. The largest absolute Gasteiger partial charge is 0.416 e. The van der Waals surface area contributed by atoms with E-state index in [0.29, 0.717) is 13.1 Å². The van der Waals surface area contributed by atoms with Crippen LogP contribution in [0.2, 0.25) is 0 Å². The number of nitrogens with one attached hydrogen (secondary N) is 1. The number of carbonyl (C=O) groups excluding carboxylic acids is 1. The number of fused-ring (bicyclic) bond motifs is 1. The normalized spacial score (nSPS) is 16.6. The van der Waals surface area contributed by atoms with Gasteiger partial charge in [-0.3, -0.25) is 4.79 Å². The zero-order valence-electron chi connectivity index (χ0n) is 14.8. The summed E-state index contributed by atoms with van der Waals surface area (Å²) >= 11 is 0. The fourth-order valence-electron chi connectivity index (χ4n) is 3.40. The van der Waals surface area contributed by atoms with Gasteiger partial charge in [0.1, 0.15) is 0 Å². The number of hydrogen-bond donors (Lipinski definition) is 1. The maximum Gasteiger partial charge on any atom is 0.416 e. The van der Waals surface area contributed by atoms with Gasteiger partial charge in [0.15, 0.2) is 0 Å². The van der Waals surface area contributed by atoms with Crippen molar-refractivity contribution in [3.8, 4) is 0 Å². The van der Waals surface area contributed by atoms with Crippen LogP contribution in [0.15, 0.2) is 61.2 Å². The number of benzene rings is 2. The van der Waals surface area contributed by atoms with Crippen molar-refractivity contribution in [1.29, 1.82) is 0 Å². The Hall–Kier alpha value is -2.76. The van der Waals surface area contributed by atoms with E-state index in [4.69, 9.17) is 0 Å². The van der Waals surface area contributed by atoms with E-state index in [2.05, 4.69) is 22.9 Å². The molecular weight excluding hydrogens is 353 g/mol. The average molecular weight is 374 g/mol. The van der Waals surface area contributed by atoms with Gasteiger partial charge in [0, 0.05) is 25.3 Å². The Morgan fingerprint density at radius 2 is 1.89 bits per heavy atom. The van der Waals surface area contributed by atoms with Gasteiger partial charge in [-0.05, 0) is 47.7 Å². The molecule has 6 heteroatoms. The molecule has 0 spiro atoms. The number of halogens is 3. The van der Waals surface area contributed by atoms with Crippen LogP contribution < -0.4 is 10.2 Å². The van der Waals surface area contributed by atoms with Crippen LogP contribution in [0.1, 0.15) is 16.7 Å². The minimum absolute atomic E-state index is 0.205. The number of carbonyl (C=O) groups is 1. The molecule has 0 saturated carbocycles. The quantitative estimate of drug-likeness (QED) is 0.796. The Kier molecular flexibility index (Phi) is 5.54. The standard InChI is InChI=1S/C21H21F3N2O/c1-2-20(27)25-12-16-11-17-5-3-4-6-19(17)26(14-16)13-15-7-9-18(10-8-15)21(22,23)24/h2-10,16H,1,11-14H2,(H,25,27). The molecule has 0 bridgehead atoms. The molecule has 1 aliphatic rings. The van der Waals surface area contributed by atoms with Gasteiger partial charge in [-0.25, -0.2) is 0 Å². The Labute approximate surface area is 156 Å². The predicted octanol–water partition coefficient (Wildman–Crippen LogP) is 4.19. The number of para-hydroxylation sites is 1. The van der Waals surface area contributed by atoms with Crippen LogP contribution in [-0.4, -0.2) is 19.0 Å². The van der Waals surface area contributed by atoms with Crippen LogP contribution in [0.5, 0.6) is 0 Å². The van der Waals surface area contributed by atoms with E-state index in [9.17, 15) is 18.0 Å². The topological polar surface area (TPSA) is 32.3 Å². The Bertz CT molecular complexity index is 815. The van der Waals surface area contributed by atoms with Crippen LogP contribution in [-0.2, 0) is 23.9 Å². The lowest BCUT2D eigenvalue weighted by Crippen LogP contribution is -2.40. The molecule has 0 fully saturated rings. The smallest absolute Gasteiger partial charge is 0.367 e. The lowest BCUT2D eigenvalue weighted by molar-refractivity contribution is -0.137. The van der Waals surface area contributed by atoms with E-state index in [1.165, 1.54) is 23.8 Å². The summed E-state index contributed by atoms with van der Waals surface area (Å²) in [6.07, 6.45) is -2.24. The summed E-state index contributed by atoms with van der Waals surface area (Å²) in [6.45, 7) is 5.22. The fourth-order valence-corrected chi connectivity index (χ4v) is 3.40. The molecule has 1 amide bonds. The van der Waals surface area contributed by atoms with Crippen molar-refractivity contribution < 1.29 is 18.0 Å². The maximum absolute atomic E-state index is 12.8. The first kappa shape index (κ1) is 19.0. The Morgan fingerprint density at radius 3 is 2.56 bits per heavy atom. The molecule has 0 saturated heterocycles. The first-order valence-electron chi connectivity index (χ1n) is 8.76. The number of hydrogen-bond acceptors (Lipinski definition) is 2. The number of rotatable bonds is 5. The molecule has 2 aromatic rings. The highest BCUT2D eigenvalue weighted by Gasteiger charge is 2.30. The molecule has 1 unspecified atom stereocenters. The molecule has 0 aromatic heterocycles. The van der Waals surface area contributed by atoms with Gasteiger partial charge in [0.25, 0.3) is 0 Å². The van der Waals surface area contributed by atoms with Gasteiger partial charge in [-0.15, -0.1) is 0 Å². The van der Waals surface area contributed by atoms with Crippen molar-refractivity contribution in [3.05, 3.63) is 77.9 Å². The van der Waals surface area contributed by atoms with Gasteiger partial charge in [-0.2, -0.15) is 13.2 Å². The second kappa shape index (κ2) is 7.86. The van der Waals surface area contributed by atoms with Crippen LogP contribution in [0.3, 0.4) is 0 Å². The highest BCUT2D eigenvalue weighted by Crippen LogP contribution is 2.32. The van der Waals surface area contributed by atoms with E-state index in [1.54, 1.807) is 0 Å². The SMILES string of the molecule is C=CC(=O)NCC1Cc2ccccc2N(Cc2ccc(C(F)(F)F)cc2)C1. The monoisotopic (exact) mass is 374 g/mol. The zero-order valence-corrected chi connectivity index (χ0v) is 14.8. The number of nitrogens with zero attached hydrogens (tertiary/aromatic N) is 1. The molecule has 1 N–H and O–H groups in total. The van der Waals surface area contributed by atoms with E-state index >= 15 is 0 Å². The third kappa shape index (κ3) is 4.70. The third-order valence-electron chi connectivity index (χ3n) is 4.72. The van der Waals surface area contributed by atoms with Crippen molar-refractivity contribution in [1.82, 2.24) is 5.32 Å². The van der Waals surface area contributed by atoms with Crippen LogP contribution in [0.4, 0.5) is 18.9 Å². The third-order valence-corrected chi connectivity index (χ3v) is 4.72. The molecule has 3 rings (SSSR count). The number of alkyl halides is 3. The van der Waals surface area contributed by atoms with Gasteiger partial charge in [-0.1, -0.05) is 36.9 Å². The summed E-state index contributed by atoms with van der Waals surface area (Å²) in [5, 5.41) is 2.83. The molecule has 2 aromatic carbocycles. The van der Waals surface area contributed by atoms with E-state index < -0.39 is 11.7 Å². The first-order chi connectivity index (χ1) is 12.9. The fraction of sp³-hybridized carbons (Fsp3) is 0.286. The molecule has 3 nitrogen and oxygen atoms in total. The summed E-state index contributed by atoms with van der Waals surface area (Å²) in [7, 11) is 0. The summed E-state index contributed by atoms with van der Waals surface area (Å²) in [5.41, 5.74) is 2.43. The molecule has 27 heavy (non-hydrogen) atoms. The lowest BCUT2D eigenvalue weighted by Gasteiger charge is -2.36. The zero-order chi connectivity index (χ0) is 19.4. The molecule has 0 aliphatic carbocycles. The second-order valence-corrected chi connectivity index (χ2v) is 6.72. The molecule has 142 valence electrons. The minimum Gasteiger partial charge on any atom is -0.367 e. The Morgan fingerprint density at radius 1 is 1.19 bits per heavy atom. The van der Waals surface area contributed by atoms with Gasteiger partial charge in [0.2, 0.25) is 5.91 Å². The van der Waals surface area contributed by atoms with Crippen molar-refractivity contribution in [2.45, 2.75) is 19.1 Å². The number of amides is 1. The van der Waals surface area contributed by atoms with E-state index in [1.807, 2.05) is 18.2 Å². The van der Waals surface area contributed by atoms with Crippen molar-refractivity contribution in [2.75, 3.05) is 18.0 Å². The van der Waals surface area contributed by atoms with Crippen LogP contribution in [0.25, 0.3) is 0 Å². The highest BCUT2D eigenvalue weighted by atomic mass is 19.4. The summed E-state index contributed by atoms with van der Waals surface area (Å²) in [4.78, 5) is 13.6. The van der Waals surface area contributed by atoms with Crippen molar-refractivity contribution in [3.63, 3.8) is 0 Å². The van der Waals surface area contributed by atoms with Gasteiger partial charge in [0.05, 0.1) is 5.56 Å². The highest BCUT2D eigenvalue weighted by molar-refractivity contribution is 5.86. The molecule has 1 heterocycles. The second-order valence-electron chi connectivity index (χ2n) is 6.72. The Balaban J connectivity index is 1.76. The summed E-state index contributed by atoms with van der Waals surface area (Å²) < 4.78 is 38.3.